The number of rotatable bonds is 5. The Morgan fingerprint density at radius 1 is 1.55 bits per heavy atom. The van der Waals surface area contributed by atoms with E-state index in [1.165, 1.54) is 0 Å². The van der Waals surface area contributed by atoms with Crippen molar-refractivity contribution in [3.63, 3.8) is 0 Å². The summed E-state index contributed by atoms with van der Waals surface area (Å²) in [4.78, 5) is 9.94. The van der Waals surface area contributed by atoms with Gasteiger partial charge in [-0.25, -0.2) is 9.18 Å². The molecular weight excluding hydrogens is 151 g/mol. The number of alkyl halides is 1. The van der Waals surface area contributed by atoms with Crippen LogP contribution in [0.1, 0.15) is 26.2 Å². The lowest BCUT2D eigenvalue weighted by Gasteiger charge is -2.07. The zero-order valence-electron chi connectivity index (χ0n) is 6.46. The number of aliphatic hydroxyl groups excluding tert-OH is 1. The number of carboxylic acid groups (broad SMARTS) is 1. The van der Waals surface area contributed by atoms with Crippen molar-refractivity contribution >= 4 is 5.97 Å². The van der Waals surface area contributed by atoms with E-state index in [1.807, 2.05) is 0 Å². The van der Waals surface area contributed by atoms with Gasteiger partial charge in [-0.2, -0.15) is 0 Å². The third-order valence-corrected chi connectivity index (χ3v) is 1.49. The Morgan fingerprint density at radius 2 is 2.09 bits per heavy atom. The van der Waals surface area contributed by atoms with Crippen LogP contribution in [-0.4, -0.2) is 28.5 Å². The van der Waals surface area contributed by atoms with Gasteiger partial charge >= 0.3 is 5.97 Å². The maximum absolute atomic E-state index is 12.3. The van der Waals surface area contributed by atoms with Gasteiger partial charge in [0, 0.05) is 0 Å². The summed E-state index contributed by atoms with van der Waals surface area (Å²) in [5, 5.41) is 17.0. The normalized spacial score (nSPS) is 15.9. The number of aliphatic carboxylic acids is 1. The molecule has 0 aromatic heterocycles. The van der Waals surface area contributed by atoms with E-state index < -0.39 is 18.2 Å². The molecule has 0 aromatic carbocycles. The summed E-state index contributed by atoms with van der Waals surface area (Å²) in [6, 6.07) is 0. The molecule has 0 spiro atoms. The second kappa shape index (κ2) is 5.07. The fraction of sp³-hybridized carbons (Fsp3) is 0.857. The van der Waals surface area contributed by atoms with Crippen molar-refractivity contribution < 1.29 is 19.4 Å². The summed E-state index contributed by atoms with van der Waals surface area (Å²) in [5.74, 6) is -1.45. The first-order valence-electron chi connectivity index (χ1n) is 3.62. The Balaban J connectivity index is 3.45. The molecule has 11 heavy (non-hydrogen) atoms. The summed E-state index contributed by atoms with van der Waals surface area (Å²) in [5.41, 5.74) is 0. The second-order valence-electron chi connectivity index (χ2n) is 2.45. The molecule has 4 heteroatoms. The lowest BCUT2D eigenvalue weighted by Crippen LogP contribution is -2.17. The van der Waals surface area contributed by atoms with E-state index in [0.29, 0.717) is 6.42 Å². The highest BCUT2D eigenvalue weighted by atomic mass is 19.1. The van der Waals surface area contributed by atoms with Crippen molar-refractivity contribution in [2.24, 2.45) is 0 Å². The topological polar surface area (TPSA) is 57.5 Å². The molecule has 2 atom stereocenters. The van der Waals surface area contributed by atoms with Gasteiger partial charge in [-0.3, -0.25) is 0 Å². The molecule has 0 saturated heterocycles. The minimum Gasteiger partial charge on any atom is -0.479 e. The van der Waals surface area contributed by atoms with E-state index in [-0.39, 0.29) is 12.8 Å². The molecule has 0 radical (unpaired) electrons. The van der Waals surface area contributed by atoms with Gasteiger partial charge in [0.05, 0.1) is 6.10 Å². The first-order chi connectivity index (χ1) is 5.07. The van der Waals surface area contributed by atoms with E-state index in [9.17, 15) is 9.18 Å². The molecule has 66 valence electrons. The summed E-state index contributed by atoms with van der Waals surface area (Å²) in [7, 11) is 0. The second-order valence-corrected chi connectivity index (χ2v) is 2.45. The average Bonchev–Trinajstić information content (AvgIpc) is 1.99. The zero-order valence-corrected chi connectivity index (χ0v) is 6.46. The monoisotopic (exact) mass is 164 g/mol. The number of carbonyl (C=O) groups is 1. The highest BCUT2D eigenvalue weighted by Gasteiger charge is 2.16. The molecule has 0 aliphatic rings. The van der Waals surface area contributed by atoms with Crippen molar-refractivity contribution in [2.45, 2.75) is 38.5 Å². The molecule has 0 rings (SSSR count). The Hall–Kier alpha value is -0.640. The Kier molecular flexibility index (Phi) is 4.77. The highest BCUT2D eigenvalue weighted by molar-refractivity contribution is 5.71. The van der Waals surface area contributed by atoms with Crippen molar-refractivity contribution in [1.29, 1.82) is 0 Å². The lowest BCUT2D eigenvalue weighted by atomic mass is 10.1. The maximum atomic E-state index is 12.3. The predicted molar refractivity (Wildman–Crippen MR) is 38.1 cm³/mol. The number of halogens is 1. The van der Waals surface area contributed by atoms with Gasteiger partial charge in [0.1, 0.15) is 0 Å². The smallest absolute Gasteiger partial charge is 0.338 e. The molecule has 0 saturated carbocycles. The van der Waals surface area contributed by atoms with Crippen LogP contribution in [0.2, 0.25) is 0 Å². The van der Waals surface area contributed by atoms with Gasteiger partial charge in [0.15, 0.2) is 6.17 Å². The molecule has 0 heterocycles. The van der Waals surface area contributed by atoms with Crippen LogP contribution in [0.5, 0.6) is 0 Å². The Labute approximate surface area is 64.8 Å². The van der Waals surface area contributed by atoms with E-state index in [2.05, 4.69) is 0 Å². The summed E-state index contributed by atoms with van der Waals surface area (Å²) in [6.45, 7) is 1.76. The molecule has 2 N–H and O–H groups in total. The SMILES string of the molecule is CCC(O)CCC(F)C(=O)O. The van der Waals surface area contributed by atoms with Gasteiger partial charge in [-0.1, -0.05) is 6.92 Å². The third-order valence-electron chi connectivity index (χ3n) is 1.49. The molecule has 0 amide bonds. The standard InChI is InChI=1S/C7H13FO3/c1-2-5(9)3-4-6(8)7(10)11/h5-6,9H,2-4H2,1H3,(H,10,11). The number of aliphatic hydroxyl groups is 1. The molecule has 0 bridgehead atoms. The molecular formula is C7H13FO3. The minimum absolute atomic E-state index is 0.107. The number of carboxylic acids is 1. The van der Waals surface area contributed by atoms with Gasteiger partial charge < -0.3 is 10.2 Å². The number of hydrogen-bond donors (Lipinski definition) is 2. The van der Waals surface area contributed by atoms with E-state index in [4.69, 9.17) is 10.2 Å². The number of hydrogen-bond acceptors (Lipinski definition) is 2. The van der Waals surface area contributed by atoms with Crippen LogP contribution in [-0.2, 0) is 4.79 Å². The fourth-order valence-corrected chi connectivity index (χ4v) is 0.666. The highest BCUT2D eigenvalue weighted by Crippen LogP contribution is 2.07. The summed E-state index contributed by atoms with van der Waals surface area (Å²) in [6.07, 6.45) is -1.77. The van der Waals surface area contributed by atoms with Gasteiger partial charge in [0.25, 0.3) is 0 Å². The van der Waals surface area contributed by atoms with Crippen molar-refractivity contribution in [3.05, 3.63) is 0 Å². The molecule has 0 aromatic rings. The third kappa shape index (κ3) is 4.72. The summed E-state index contributed by atoms with van der Waals surface area (Å²) >= 11 is 0. The van der Waals surface area contributed by atoms with Gasteiger partial charge in [-0.05, 0) is 19.3 Å². The van der Waals surface area contributed by atoms with Crippen LogP contribution in [0, 0.1) is 0 Å². The first kappa shape index (κ1) is 10.4. The van der Waals surface area contributed by atoms with Crippen LogP contribution in [0.15, 0.2) is 0 Å². The van der Waals surface area contributed by atoms with Gasteiger partial charge in [-0.15, -0.1) is 0 Å². The molecule has 0 aliphatic heterocycles. The van der Waals surface area contributed by atoms with Crippen LogP contribution >= 0.6 is 0 Å². The molecule has 0 aliphatic carbocycles. The molecule has 0 fully saturated rings. The molecule has 3 nitrogen and oxygen atoms in total. The average molecular weight is 164 g/mol. The van der Waals surface area contributed by atoms with Crippen LogP contribution in [0.4, 0.5) is 4.39 Å². The predicted octanol–water partition coefficient (Wildman–Crippen LogP) is 0.960. The lowest BCUT2D eigenvalue weighted by molar-refractivity contribution is -0.143. The van der Waals surface area contributed by atoms with Crippen molar-refractivity contribution in [2.75, 3.05) is 0 Å². The van der Waals surface area contributed by atoms with Crippen LogP contribution in [0.25, 0.3) is 0 Å². The summed E-state index contributed by atoms with van der Waals surface area (Å²) < 4.78 is 12.3. The van der Waals surface area contributed by atoms with E-state index in [1.54, 1.807) is 6.92 Å². The quantitative estimate of drug-likeness (QED) is 0.636. The fourth-order valence-electron chi connectivity index (χ4n) is 0.666. The van der Waals surface area contributed by atoms with Gasteiger partial charge in [0.2, 0.25) is 0 Å². The Morgan fingerprint density at radius 3 is 2.45 bits per heavy atom. The van der Waals surface area contributed by atoms with E-state index >= 15 is 0 Å². The van der Waals surface area contributed by atoms with Crippen LogP contribution in [0.3, 0.4) is 0 Å². The molecule has 2 unspecified atom stereocenters. The van der Waals surface area contributed by atoms with Crippen LogP contribution < -0.4 is 0 Å². The minimum atomic E-state index is -1.84. The Bertz CT molecular complexity index is 127. The maximum Gasteiger partial charge on any atom is 0.338 e. The zero-order chi connectivity index (χ0) is 8.85. The van der Waals surface area contributed by atoms with Crippen molar-refractivity contribution in [1.82, 2.24) is 0 Å². The largest absolute Gasteiger partial charge is 0.479 e. The van der Waals surface area contributed by atoms with Crippen molar-refractivity contribution in [3.8, 4) is 0 Å². The van der Waals surface area contributed by atoms with E-state index in [0.717, 1.165) is 0 Å². The first-order valence-corrected chi connectivity index (χ1v) is 3.62.